The second-order valence-electron chi connectivity index (χ2n) is 6.24. The Bertz CT molecular complexity index is 803. The first kappa shape index (κ1) is 19.3. The minimum Gasteiger partial charge on any atom is -0.394 e. The number of aliphatic hydroxyl groups is 2. The largest absolute Gasteiger partial charge is 0.394 e. The molecule has 1 heterocycles. The maximum Gasteiger partial charge on any atom is 0.243 e. The van der Waals surface area contributed by atoms with Gasteiger partial charge in [0.05, 0.1) is 29.1 Å². The summed E-state index contributed by atoms with van der Waals surface area (Å²) in [7, 11) is -7.29. The first-order valence-electron chi connectivity index (χ1n) is 7.65. The third kappa shape index (κ3) is 4.15. The summed E-state index contributed by atoms with van der Waals surface area (Å²) >= 11 is 0. The molecule has 0 spiro atoms. The topological polar surface area (TPSA) is 112 Å². The molecule has 0 radical (unpaired) electrons. The molecule has 0 amide bonds. The summed E-state index contributed by atoms with van der Waals surface area (Å²) in [6.07, 6.45) is -1.09. The van der Waals surface area contributed by atoms with E-state index in [1.54, 1.807) is 26.0 Å². The van der Waals surface area contributed by atoms with Gasteiger partial charge in [0, 0.05) is 12.6 Å². The molecular formula is C15H23NO6S2. The van der Waals surface area contributed by atoms with Crippen LogP contribution in [-0.4, -0.2) is 68.2 Å². The highest BCUT2D eigenvalue weighted by Crippen LogP contribution is 2.27. The number of rotatable bonds is 6. The number of hydrogen-bond donors (Lipinski definition) is 2. The van der Waals surface area contributed by atoms with Crippen LogP contribution in [0.3, 0.4) is 0 Å². The number of hydrogen-bond acceptors (Lipinski definition) is 6. The molecule has 2 N–H and O–H groups in total. The predicted molar refractivity (Wildman–Crippen MR) is 90.0 cm³/mol. The van der Waals surface area contributed by atoms with Gasteiger partial charge >= 0.3 is 0 Å². The lowest BCUT2D eigenvalue weighted by Crippen LogP contribution is -2.46. The summed E-state index contributed by atoms with van der Waals surface area (Å²) in [5, 5.41) is 18.8. The molecular weight excluding hydrogens is 354 g/mol. The number of sulfone groups is 1. The monoisotopic (exact) mass is 377 g/mol. The fraction of sp³-hybridized carbons (Fsp3) is 0.600. The number of sulfonamides is 1. The molecule has 7 nitrogen and oxygen atoms in total. The van der Waals surface area contributed by atoms with Crippen LogP contribution in [0.15, 0.2) is 23.1 Å². The van der Waals surface area contributed by atoms with Crippen LogP contribution in [0.2, 0.25) is 0 Å². The summed E-state index contributed by atoms with van der Waals surface area (Å²) in [4.78, 5) is 0.0944. The summed E-state index contributed by atoms with van der Waals surface area (Å²) in [5.41, 5.74) is 1.31. The van der Waals surface area contributed by atoms with Gasteiger partial charge in [-0.25, -0.2) is 16.8 Å². The number of aryl methyl sites for hydroxylation is 2. The molecule has 9 heteroatoms. The molecule has 1 aromatic rings. The molecule has 0 unspecified atom stereocenters. The third-order valence-electron chi connectivity index (χ3n) is 4.15. The van der Waals surface area contributed by atoms with Crippen LogP contribution in [0.25, 0.3) is 0 Å². The molecule has 1 aromatic carbocycles. The molecule has 1 saturated heterocycles. The van der Waals surface area contributed by atoms with Crippen molar-refractivity contribution in [2.75, 3.05) is 24.7 Å². The SMILES string of the molecule is Cc1ccc(C)c(S(=O)(=O)N(C[C@H](O)CO)[C@@H]2CCS(=O)(=O)C2)c1. The Kier molecular flexibility index (Phi) is 5.71. The van der Waals surface area contributed by atoms with Crippen molar-refractivity contribution in [1.29, 1.82) is 0 Å². The van der Waals surface area contributed by atoms with Crippen molar-refractivity contribution in [2.45, 2.75) is 37.3 Å². The highest BCUT2D eigenvalue weighted by atomic mass is 32.2. The molecule has 1 aliphatic rings. The van der Waals surface area contributed by atoms with Crippen LogP contribution in [0.1, 0.15) is 17.5 Å². The Labute approximate surface area is 142 Å². The van der Waals surface area contributed by atoms with Crippen LogP contribution < -0.4 is 0 Å². The van der Waals surface area contributed by atoms with Gasteiger partial charge in [0.15, 0.2) is 9.84 Å². The molecule has 136 valence electrons. The smallest absolute Gasteiger partial charge is 0.243 e. The van der Waals surface area contributed by atoms with E-state index in [2.05, 4.69) is 0 Å². The van der Waals surface area contributed by atoms with Crippen molar-refractivity contribution >= 4 is 19.9 Å². The number of nitrogens with zero attached hydrogens (tertiary/aromatic N) is 1. The lowest BCUT2D eigenvalue weighted by molar-refractivity contribution is 0.0730. The third-order valence-corrected chi connectivity index (χ3v) is 7.96. The van der Waals surface area contributed by atoms with Crippen LogP contribution in [-0.2, 0) is 19.9 Å². The normalized spacial score (nSPS) is 22.0. The summed E-state index contributed by atoms with van der Waals surface area (Å²) in [5.74, 6) is -0.346. The van der Waals surface area contributed by atoms with Crippen molar-refractivity contribution in [1.82, 2.24) is 4.31 Å². The second kappa shape index (κ2) is 7.09. The molecule has 0 aromatic heterocycles. The van der Waals surface area contributed by atoms with Gasteiger partial charge in [0.2, 0.25) is 10.0 Å². The minimum absolute atomic E-state index is 0.0777. The first-order valence-corrected chi connectivity index (χ1v) is 10.9. The molecule has 0 bridgehead atoms. The summed E-state index contributed by atoms with van der Waals surface area (Å²) in [6, 6.07) is 4.28. The van der Waals surface area contributed by atoms with E-state index >= 15 is 0 Å². The van der Waals surface area contributed by atoms with Crippen LogP contribution in [0.5, 0.6) is 0 Å². The van der Waals surface area contributed by atoms with E-state index in [1.165, 1.54) is 6.07 Å². The zero-order chi connectivity index (χ0) is 18.1. The van der Waals surface area contributed by atoms with Gasteiger partial charge in [-0.05, 0) is 37.5 Å². The Balaban J connectivity index is 2.47. The Morgan fingerprint density at radius 2 is 2.00 bits per heavy atom. The first-order chi connectivity index (χ1) is 11.1. The Morgan fingerprint density at radius 3 is 2.54 bits per heavy atom. The molecule has 1 aliphatic heterocycles. The zero-order valence-electron chi connectivity index (χ0n) is 13.7. The van der Waals surface area contributed by atoms with Crippen molar-refractivity contribution in [3.05, 3.63) is 29.3 Å². The highest BCUT2D eigenvalue weighted by Gasteiger charge is 2.40. The second-order valence-corrected chi connectivity index (χ2v) is 10.3. The fourth-order valence-electron chi connectivity index (χ4n) is 2.82. The van der Waals surface area contributed by atoms with Gasteiger partial charge in [-0.3, -0.25) is 0 Å². The van der Waals surface area contributed by atoms with Crippen molar-refractivity contribution in [3.63, 3.8) is 0 Å². The average Bonchev–Trinajstić information content (AvgIpc) is 2.86. The molecule has 0 saturated carbocycles. The lowest BCUT2D eigenvalue weighted by Gasteiger charge is -2.29. The lowest BCUT2D eigenvalue weighted by atomic mass is 10.2. The molecule has 2 atom stereocenters. The van der Waals surface area contributed by atoms with Crippen molar-refractivity contribution in [2.24, 2.45) is 0 Å². The van der Waals surface area contributed by atoms with Gasteiger partial charge < -0.3 is 10.2 Å². The quantitative estimate of drug-likeness (QED) is 0.712. The maximum atomic E-state index is 13.1. The number of benzene rings is 1. The van der Waals surface area contributed by atoms with Crippen LogP contribution in [0, 0.1) is 13.8 Å². The molecule has 1 fully saturated rings. The van der Waals surface area contributed by atoms with E-state index in [0.717, 1.165) is 9.87 Å². The Hall–Kier alpha value is -1.00. The predicted octanol–water partition coefficient (Wildman–Crippen LogP) is -0.166. The van der Waals surface area contributed by atoms with Gasteiger partial charge in [-0.15, -0.1) is 0 Å². The van der Waals surface area contributed by atoms with E-state index in [1.807, 2.05) is 0 Å². The average molecular weight is 377 g/mol. The molecule has 2 rings (SSSR count). The summed E-state index contributed by atoms with van der Waals surface area (Å²) < 4.78 is 50.7. The minimum atomic E-state index is -4.00. The van der Waals surface area contributed by atoms with Crippen LogP contribution >= 0.6 is 0 Å². The number of aliphatic hydroxyl groups excluding tert-OH is 2. The fourth-order valence-corrected chi connectivity index (χ4v) is 6.65. The summed E-state index contributed by atoms with van der Waals surface area (Å²) in [6.45, 7) is 2.49. The molecule has 0 aliphatic carbocycles. The van der Waals surface area contributed by atoms with Gasteiger partial charge in [-0.2, -0.15) is 4.31 Å². The van der Waals surface area contributed by atoms with Crippen LogP contribution in [0.4, 0.5) is 0 Å². The maximum absolute atomic E-state index is 13.1. The van der Waals surface area contributed by atoms with Crippen molar-refractivity contribution < 1.29 is 27.0 Å². The van der Waals surface area contributed by atoms with Crippen molar-refractivity contribution in [3.8, 4) is 0 Å². The van der Waals surface area contributed by atoms with E-state index < -0.39 is 38.6 Å². The van der Waals surface area contributed by atoms with Gasteiger partial charge in [-0.1, -0.05) is 12.1 Å². The van der Waals surface area contributed by atoms with E-state index in [9.17, 15) is 21.9 Å². The highest BCUT2D eigenvalue weighted by molar-refractivity contribution is 7.92. The zero-order valence-corrected chi connectivity index (χ0v) is 15.3. The van der Waals surface area contributed by atoms with Gasteiger partial charge in [0.1, 0.15) is 0 Å². The van der Waals surface area contributed by atoms with E-state index in [0.29, 0.717) is 5.56 Å². The van der Waals surface area contributed by atoms with Gasteiger partial charge in [0.25, 0.3) is 0 Å². The standard InChI is InChI=1S/C15H23NO6S2/c1-11-3-4-12(2)15(7-11)24(21,22)16(8-14(18)9-17)13-5-6-23(19,20)10-13/h3-4,7,13-14,17-18H,5-6,8-10H2,1-2H3/t13-,14+/m1/s1. The van der Waals surface area contributed by atoms with E-state index in [-0.39, 0.29) is 29.4 Å². The molecule has 24 heavy (non-hydrogen) atoms. The Morgan fingerprint density at radius 1 is 1.33 bits per heavy atom. The van der Waals surface area contributed by atoms with E-state index in [4.69, 9.17) is 5.11 Å².